The van der Waals surface area contributed by atoms with Gasteiger partial charge in [0.2, 0.25) is 5.91 Å². The SMILES string of the molecule is Cc1ccc(C)c(Sc2ccc(NC(=O)Cc3nn(C)c(=O)c4ccccc34)cc2)c1. The highest BCUT2D eigenvalue weighted by Crippen LogP contribution is 2.31. The molecule has 156 valence electrons. The van der Waals surface area contributed by atoms with Crippen LogP contribution in [0.1, 0.15) is 16.8 Å². The minimum Gasteiger partial charge on any atom is -0.326 e. The normalized spacial score (nSPS) is 10.9. The van der Waals surface area contributed by atoms with Gasteiger partial charge in [-0.2, -0.15) is 5.10 Å². The minimum absolute atomic E-state index is 0.0909. The number of benzene rings is 3. The second kappa shape index (κ2) is 8.78. The third kappa shape index (κ3) is 4.70. The molecule has 3 aromatic carbocycles. The summed E-state index contributed by atoms with van der Waals surface area (Å²) in [4.78, 5) is 27.2. The third-order valence-corrected chi connectivity index (χ3v) is 6.24. The van der Waals surface area contributed by atoms with Gasteiger partial charge >= 0.3 is 0 Å². The molecule has 0 spiro atoms. The van der Waals surface area contributed by atoms with Gasteiger partial charge in [-0.1, -0.05) is 42.1 Å². The highest BCUT2D eigenvalue weighted by Gasteiger charge is 2.12. The van der Waals surface area contributed by atoms with Crippen molar-refractivity contribution in [2.24, 2.45) is 7.05 Å². The number of hydrogen-bond donors (Lipinski definition) is 1. The Morgan fingerprint density at radius 1 is 1.00 bits per heavy atom. The standard InChI is InChI=1S/C25H23N3O2S/c1-16-8-9-17(2)23(14-16)31-19-12-10-18(11-13-19)26-24(29)15-22-20-6-4-5-7-21(20)25(30)28(3)27-22/h4-14H,15H2,1-3H3,(H,26,29). The van der Waals surface area contributed by atoms with Crippen LogP contribution in [0.4, 0.5) is 5.69 Å². The molecule has 5 nitrogen and oxygen atoms in total. The Kier molecular flexibility index (Phi) is 5.91. The molecule has 0 radical (unpaired) electrons. The number of fused-ring (bicyclic) bond motifs is 1. The van der Waals surface area contributed by atoms with Gasteiger partial charge in [0.15, 0.2) is 0 Å². The number of anilines is 1. The Balaban J connectivity index is 1.47. The van der Waals surface area contributed by atoms with Gasteiger partial charge in [-0.15, -0.1) is 0 Å². The molecular weight excluding hydrogens is 406 g/mol. The average molecular weight is 430 g/mol. The highest BCUT2D eigenvalue weighted by molar-refractivity contribution is 7.99. The Hall–Kier alpha value is -3.38. The third-order valence-electron chi connectivity index (χ3n) is 5.07. The maximum absolute atomic E-state index is 12.6. The number of carbonyl (C=O) groups excluding carboxylic acids is 1. The van der Waals surface area contributed by atoms with Crippen LogP contribution >= 0.6 is 11.8 Å². The molecule has 4 rings (SSSR count). The van der Waals surface area contributed by atoms with Crippen molar-refractivity contribution in [3.8, 4) is 0 Å². The van der Waals surface area contributed by atoms with E-state index < -0.39 is 0 Å². The molecule has 0 fully saturated rings. The second-order valence-corrected chi connectivity index (χ2v) is 8.66. The largest absolute Gasteiger partial charge is 0.326 e. The lowest BCUT2D eigenvalue weighted by atomic mass is 10.1. The van der Waals surface area contributed by atoms with Crippen molar-refractivity contribution in [3.05, 3.63) is 93.9 Å². The van der Waals surface area contributed by atoms with Gasteiger partial charge in [-0.05, 0) is 61.4 Å². The van der Waals surface area contributed by atoms with Crippen LogP contribution < -0.4 is 10.9 Å². The molecule has 0 saturated heterocycles. The zero-order valence-corrected chi connectivity index (χ0v) is 18.5. The van der Waals surface area contributed by atoms with Crippen molar-refractivity contribution < 1.29 is 4.79 Å². The van der Waals surface area contributed by atoms with Gasteiger partial charge in [0, 0.05) is 27.9 Å². The van der Waals surface area contributed by atoms with Gasteiger partial charge in [0.05, 0.1) is 17.5 Å². The number of aromatic nitrogens is 2. The molecule has 6 heteroatoms. The first-order valence-corrected chi connectivity index (χ1v) is 10.8. The first kappa shape index (κ1) is 20.9. The molecule has 1 N–H and O–H groups in total. The average Bonchev–Trinajstić information content (AvgIpc) is 2.76. The molecule has 0 saturated carbocycles. The molecule has 1 aromatic heterocycles. The lowest BCUT2D eigenvalue weighted by molar-refractivity contribution is -0.115. The smallest absolute Gasteiger partial charge is 0.274 e. The van der Waals surface area contributed by atoms with Crippen LogP contribution in [0.15, 0.2) is 81.3 Å². The fourth-order valence-corrected chi connectivity index (χ4v) is 4.41. The summed E-state index contributed by atoms with van der Waals surface area (Å²) in [7, 11) is 1.60. The Morgan fingerprint density at radius 3 is 2.45 bits per heavy atom. The van der Waals surface area contributed by atoms with Crippen LogP contribution in [0.25, 0.3) is 10.8 Å². The number of carbonyl (C=O) groups is 1. The lowest BCUT2D eigenvalue weighted by Gasteiger charge is -2.10. The second-order valence-electron chi connectivity index (χ2n) is 7.54. The molecule has 0 unspecified atom stereocenters. The topological polar surface area (TPSA) is 64.0 Å². The first-order valence-electron chi connectivity index (χ1n) is 10.0. The van der Waals surface area contributed by atoms with Crippen molar-refractivity contribution in [3.63, 3.8) is 0 Å². The predicted molar refractivity (Wildman–Crippen MR) is 126 cm³/mol. The van der Waals surface area contributed by atoms with E-state index in [0.717, 1.165) is 10.6 Å². The molecule has 0 bridgehead atoms. The molecule has 0 aliphatic heterocycles. The van der Waals surface area contributed by atoms with Crippen LogP contribution in [0.3, 0.4) is 0 Å². The summed E-state index contributed by atoms with van der Waals surface area (Å²) >= 11 is 1.71. The monoisotopic (exact) mass is 429 g/mol. The molecule has 4 aromatic rings. The van der Waals surface area contributed by atoms with E-state index in [4.69, 9.17) is 0 Å². The van der Waals surface area contributed by atoms with Crippen molar-refractivity contribution >= 4 is 34.1 Å². The first-order chi connectivity index (χ1) is 14.9. The van der Waals surface area contributed by atoms with Crippen LogP contribution in [-0.2, 0) is 18.3 Å². The van der Waals surface area contributed by atoms with E-state index in [1.807, 2.05) is 42.5 Å². The number of aryl methyl sites for hydroxylation is 3. The van der Waals surface area contributed by atoms with E-state index in [0.29, 0.717) is 16.5 Å². The minimum atomic E-state index is -0.175. The quantitative estimate of drug-likeness (QED) is 0.491. The lowest BCUT2D eigenvalue weighted by Crippen LogP contribution is -2.24. The fourth-order valence-electron chi connectivity index (χ4n) is 3.41. The summed E-state index contributed by atoms with van der Waals surface area (Å²) in [5, 5.41) is 8.50. The summed E-state index contributed by atoms with van der Waals surface area (Å²) in [6, 6.07) is 21.5. The van der Waals surface area contributed by atoms with Crippen LogP contribution in [0.2, 0.25) is 0 Å². The highest BCUT2D eigenvalue weighted by atomic mass is 32.2. The van der Waals surface area contributed by atoms with Gasteiger partial charge in [0.25, 0.3) is 5.56 Å². The number of hydrogen-bond acceptors (Lipinski definition) is 4. The summed E-state index contributed by atoms with van der Waals surface area (Å²) in [6.45, 7) is 4.19. The van der Waals surface area contributed by atoms with E-state index in [9.17, 15) is 9.59 Å². The van der Waals surface area contributed by atoms with Crippen molar-refractivity contribution in [2.75, 3.05) is 5.32 Å². The molecule has 0 atom stereocenters. The van der Waals surface area contributed by atoms with E-state index >= 15 is 0 Å². The van der Waals surface area contributed by atoms with Gasteiger partial charge in [0.1, 0.15) is 0 Å². The molecule has 0 aliphatic carbocycles. The summed E-state index contributed by atoms with van der Waals surface area (Å²) in [5.41, 5.74) is 3.61. The summed E-state index contributed by atoms with van der Waals surface area (Å²) < 4.78 is 1.28. The predicted octanol–water partition coefficient (Wildman–Crippen LogP) is 4.88. The van der Waals surface area contributed by atoms with Crippen molar-refractivity contribution in [1.29, 1.82) is 0 Å². The molecule has 1 heterocycles. The van der Waals surface area contributed by atoms with E-state index in [1.165, 1.54) is 20.7 Å². The maximum atomic E-state index is 12.6. The van der Waals surface area contributed by atoms with E-state index in [-0.39, 0.29) is 17.9 Å². The molecule has 0 aliphatic rings. The van der Waals surface area contributed by atoms with Gasteiger partial charge in [-0.25, -0.2) is 4.68 Å². The van der Waals surface area contributed by atoms with Gasteiger partial charge in [-0.3, -0.25) is 9.59 Å². The van der Waals surface area contributed by atoms with Gasteiger partial charge < -0.3 is 5.32 Å². The maximum Gasteiger partial charge on any atom is 0.274 e. The van der Waals surface area contributed by atoms with Crippen LogP contribution in [0, 0.1) is 13.8 Å². The zero-order valence-electron chi connectivity index (χ0n) is 17.7. The van der Waals surface area contributed by atoms with E-state index in [1.54, 1.807) is 24.9 Å². The molecular formula is C25H23N3O2S. The molecule has 31 heavy (non-hydrogen) atoms. The number of nitrogens with one attached hydrogen (secondary N) is 1. The van der Waals surface area contributed by atoms with Crippen LogP contribution in [0.5, 0.6) is 0 Å². The number of nitrogens with zero attached hydrogens (tertiary/aromatic N) is 2. The van der Waals surface area contributed by atoms with Crippen LogP contribution in [-0.4, -0.2) is 15.7 Å². The fraction of sp³-hybridized carbons (Fsp3) is 0.160. The van der Waals surface area contributed by atoms with Crippen molar-refractivity contribution in [2.45, 2.75) is 30.1 Å². The molecule has 1 amide bonds. The number of rotatable bonds is 5. The Labute approximate surface area is 185 Å². The number of amides is 1. The summed E-state index contributed by atoms with van der Waals surface area (Å²) in [5.74, 6) is -0.175. The summed E-state index contributed by atoms with van der Waals surface area (Å²) in [6.07, 6.45) is 0.0909. The van der Waals surface area contributed by atoms with Crippen molar-refractivity contribution in [1.82, 2.24) is 9.78 Å². The van der Waals surface area contributed by atoms with E-state index in [2.05, 4.69) is 42.5 Å². The Morgan fingerprint density at radius 2 is 1.71 bits per heavy atom. The Bertz CT molecular complexity index is 1330. The zero-order chi connectivity index (χ0) is 22.0.